The molecule has 0 radical (unpaired) electrons. The van der Waals surface area contributed by atoms with Crippen LogP contribution in [-0.2, 0) is 12.7 Å². The number of alkyl halides is 3. The van der Waals surface area contributed by atoms with Gasteiger partial charge in [-0.15, -0.1) is 0 Å². The predicted molar refractivity (Wildman–Crippen MR) is 79.5 cm³/mol. The van der Waals surface area contributed by atoms with Crippen LogP contribution >= 0.6 is 0 Å². The van der Waals surface area contributed by atoms with Gasteiger partial charge in [-0.1, -0.05) is 18.9 Å². The molecule has 21 heavy (non-hydrogen) atoms. The highest BCUT2D eigenvalue weighted by molar-refractivity contribution is 5.57. The summed E-state index contributed by atoms with van der Waals surface area (Å²) >= 11 is 0. The Labute approximate surface area is 124 Å². The second-order valence-corrected chi connectivity index (χ2v) is 5.60. The molecule has 1 saturated carbocycles. The number of halogens is 3. The lowest BCUT2D eigenvalue weighted by Crippen LogP contribution is -2.34. The lowest BCUT2D eigenvalue weighted by molar-refractivity contribution is -0.137. The molecule has 1 aliphatic carbocycles. The normalized spacial score (nSPS) is 16.4. The van der Waals surface area contributed by atoms with Crippen LogP contribution < -0.4 is 10.2 Å². The SMILES string of the molecule is CCN(c1ccc(CNC)cc1C(F)(F)F)C1CCCC1. The molecule has 0 bridgehead atoms. The first kappa shape index (κ1) is 16.1. The van der Waals surface area contributed by atoms with E-state index in [1.165, 1.54) is 6.07 Å². The number of hydrogen-bond donors (Lipinski definition) is 1. The molecular weight excluding hydrogens is 277 g/mol. The van der Waals surface area contributed by atoms with Gasteiger partial charge in [0.2, 0.25) is 0 Å². The van der Waals surface area contributed by atoms with Crippen molar-refractivity contribution in [1.82, 2.24) is 5.32 Å². The molecule has 0 saturated heterocycles. The Hall–Kier alpha value is -1.23. The maximum absolute atomic E-state index is 13.4. The Morgan fingerprint density at radius 2 is 1.90 bits per heavy atom. The molecule has 0 unspecified atom stereocenters. The average Bonchev–Trinajstić information content (AvgIpc) is 2.94. The second kappa shape index (κ2) is 6.69. The van der Waals surface area contributed by atoms with Gasteiger partial charge < -0.3 is 10.2 Å². The third kappa shape index (κ3) is 3.70. The molecule has 0 spiro atoms. The molecule has 1 aromatic rings. The highest BCUT2D eigenvalue weighted by atomic mass is 19.4. The third-order valence-electron chi connectivity index (χ3n) is 4.16. The van der Waals surface area contributed by atoms with E-state index in [0.717, 1.165) is 25.7 Å². The molecule has 2 nitrogen and oxygen atoms in total. The molecule has 1 fully saturated rings. The van der Waals surface area contributed by atoms with Crippen LogP contribution in [0.2, 0.25) is 0 Å². The zero-order chi connectivity index (χ0) is 15.5. The van der Waals surface area contributed by atoms with Crippen LogP contribution in [0.1, 0.15) is 43.7 Å². The number of benzene rings is 1. The van der Waals surface area contributed by atoms with Gasteiger partial charge in [-0.25, -0.2) is 0 Å². The van der Waals surface area contributed by atoms with E-state index in [-0.39, 0.29) is 6.04 Å². The molecule has 5 heteroatoms. The molecule has 0 aliphatic heterocycles. The van der Waals surface area contributed by atoms with Crippen molar-refractivity contribution < 1.29 is 13.2 Å². The van der Waals surface area contributed by atoms with Crippen LogP contribution in [0.4, 0.5) is 18.9 Å². The Kier molecular flexibility index (Phi) is 5.14. The molecule has 118 valence electrons. The molecule has 2 rings (SSSR count). The van der Waals surface area contributed by atoms with E-state index in [1.54, 1.807) is 19.2 Å². The molecule has 1 N–H and O–H groups in total. The highest BCUT2D eigenvalue weighted by Crippen LogP contribution is 2.39. The topological polar surface area (TPSA) is 15.3 Å². The maximum atomic E-state index is 13.4. The van der Waals surface area contributed by atoms with Gasteiger partial charge >= 0.3 is 6.18 Å². The Balaban J connectivity index is 2.40. The molecule has 0 atom stereocenters. The summed E-state index contributed by atoms with van der Waals surface area (Å²) in [6, 6.07) is 4.95. The first-order chi connectivity index (χ1) is 9.97. The summed E-state index contributed by atoms with van der Waals surface area (Å²) in [6.45, 7) is 2.98. The van der Waals surface area contributed by atoms with Gasteiger partial charge in [0.25, 0.3) is 0 Å². The summed E-state index contributed by atoms with van der Waals surface area (Å²) in [6.07, 6.45) is -0.112. The Bertz CT molecular complexity index is 465. The fourth-order valence-electron chi connectivity index (χ4n) is 3.22. The lowest BCUT2D eigenvalue weighted by Gasteiger charge is -2.32. The largest absolute Gasteiger partial charge is 0.418 e. The zero-order valence-corrected chi connectivity index (χ0v) is 12.6. The number of rotatable bonds is 5. The quantitative estimate of drug-likeness (QED) is 0.877. The predicted octanol–water partition coefficient (Wildman–Crippen LogP) is 4.19. The van der Waals surface area contributed by atoms with Crippen molar-refractivity contribution >= 4 is 5.69 Å². The third-order valence-corrected chi connectivity index (χ3v) is 4.16. The van der Waals surface area contributed by atoms with Crippen LogP contribution in [0.3, 0.4) is 0 Å². The van der Waals surface area contributed by atoms with Gasteiger partial charge in [-0.3, -0.25) is 0 Å². The minimum absolute atomic E-state index is 0.242. The highest BCUT2D eigenvalue weighted by Gasteiger charge is 2.36. The van der Waals surface area contributed by atoms with E-state index in [4.69, 9.17) is 0 Å². The number of hydrogen-bond acceptors (Lipinski definition) is 2. The minimum Gasteiger partial charge on any atom is -0.368 e. The summed E-state index contributed by atoms with van der Waals surface area (Å²) < 4.78 is 40.2. The van der Waals surface area contributed by atoms with Gasteiger partial charge in [0.1, 0.15) is 0 Å². The molecule has 1 aliphatic rings. The fourth-order valence-corrected chi connectivity index (χ4v) is 3.22. The van der Waals surface area contributed by atoms with Crippen molar-refractivity contribution in [1.29, 1.82) is 0 Å². The van der Waals surface area contributed by atoms with Crippen LogP contribution in [0.5, 0.6) is 0 Å². The van der Waals surface area contributed by atoms with Gasteiger partial charge in [-0.2, -0.15) is 13.2 Å². The smallest absolute Gasteiger partial charge is 0.368 e. The van der Waals surface area contributed by atoms with Gasteiger partial charge in [0.05, 0.1) is 5.56 Å². The van der Waals surface area contributed by atoms with Crippen LogP contribution in [0.25, 0.3) is 0 Å². The van der Waals surface area contributed by atoms with E-state index in [1.807, 2.05) is 11.8 Å². The summed E-state index contributed by atoms with van der Waals surface area (Å²) in [5.41, 5.74) is 0.483. The Morgan fingerprint density at radius 1 is 1.24 bits per heavy atom. The van der Waals surface area contributed by atoms with E-state index in [0.29, 0.717) is 24.3 Å². The van der Waals surface area contributed by atoms with Gasteiger partial charge in [0.15, 0.2) is 0 Å². The van der Waals surface area contributed by atoms with Crippen molar-refractivity contribution in [2.24, 2.45) is 0 Å². The number of anilines is 1. The average molecular weight is 300 g/mol. The lowest BCUT2D eigenvalue weighted by atomic mass is 10.0. The van der Waals surface area contributed by atoms with Gasteiger partial charge in [0, 0.05) is 24.8 Å². The molecule has 1 aromatic carbocycles. The van der Waals surface area contributed by atoms with E-state index in [2.05, 4.69) is 5.32 Å². The van der Waals surface area contributed by atoms with Crippen molar-refractivity contribution in [3.63, 3.8) is 0 Å². The van der Waals surface area contributed by atoms with E-state index in [9.17, 15) is 13.2 Å². The summed E-state index contributed by atoms with van der Waals surface area (Å²) in [5.74, 6) is 0. The monoisotopic (exact) mass is 300 g/mol. The Morgan fingerprint density at radius 3 is 2.43 bits per heavy atom. The molecule has 0 heterocycles. The standard InChI is InChI=1S/C16H23F3N2/c1-3-21(13-6-4-5-7-13)15-9-8-12(11-20-2)10-14(15)16(17,18)19/h8-10,13,20H,3-7,11H2,1-2H3. The van der Waals surface area contributed by atoms with E-state index >= 15 is 0 Å². The van der Waals surface area contributed by atoms with Gasteiger partial charge in [-0.05, 0) is 44.5 Å². The molecular formula is C16H23F3N2. The number of nitrogens with one attached hydrogen (secondary N) is 1. The summed E-state index contributed by atoms with van der Waals surface area (Å²) in [4.78, 5) is 1.93. The summed E-state index contributed by atoms with van der Waals surface area (Å²) in [5, 5.41) is 2.90. The van der Waals surface area contributed by atoms with Crippen LogP contribution in [0.15, 0.2) is 18.2 Å². The first-order valence-electron chi connectivity index (χ1n) is 7.58. The van der Waals surface area contributed by atoms with Crippen molar-refractivity contribution in [3.05, 3.63) is 29.3 Å². The molecule has 0 amide bonds. The zero-order valence-electron chi connectivity index (χ0n) is 12.6. The van der Waals surface area contributed by atoms with Crippen LogP contribution in [0, 0.1) is 0 Å². The van der Waals surface area contributed by atoms with Crippen molar-refractivity contribution in [2.75, 3.05) is 18.5 Å². The van der Waals surface area contributed by atoms with Crippen molar-refractivity contribution in [3.8, 4) is 0 Å². The van der Waals surface area contributed by atoms with Crippen molar-refractivity contribution in [2.45, 2.75) is 51.4 Å². The second-order valence-electron chi connectivity index (χ2n) is 5.60. The first-order valence-corrected chi connectivity index (χ1v) is 7.58. The van der Waals surface area contributed by atoms with Crippen LogP contribution in [-0.4, -0.2) is 19.6 Å². The maximum Gasteiger partial charge on any atom is 0.418 e. The van der Waals surface area contributed by atoms with E-state index < -0.39 is 11.7 Å². The summed E-state index contributed by atoms with van der Waals surface area (Å²) in [7, 11) is 1.73. The number of nitrogens with zero attached hydrogens (tertiary/aromatic N) is 1. The minimum atomic E-state index is -4.31. The molecule has 0 aromatic heterocycles. The fraction of sp³-hybridized carbons (Fsp3) is 0.625.